The van der Waals surface area contributed by atoms with E-state index in [9.17, 15) is 0 Å². The molecule has 0 fully saturated rings. The summed E-state index contributed by atoms with van der Waals surface area (Å²) in [6, 6.07) is 87.0. The predicted octanol–water partition coefficient (Wildman–Crippen LogP) is 16.8. The maximum atomic E-state index is 6.85. The zero-order valence-electron chi connectivity index (χ0n) is 36.4. The van der Waals surface area contributed by atoms with Crippen LogP contribution < -0.4 is 0 Å². The smallest absolute Gasteiger partial charge is 0.164 e. The van der Waals surface area contributed by atoms with Crippen LogP contribution in [0, 0.1) is 0 Å². The summed E-state index contributed by atoms with van der Waals surface area (Å²) in [4.78, 5) is 15.9. The molecule has 0 atom stereocenters. The summed E-state index contributed by atoms with van der Waals surface area (Å²) in [7, 11) is 0. The number of fused-ring (bicyclic) bond motifs is 3. The molecule has 0 aliphatic carbocycles. The first-order valence-electron chi connectivity index (χ1n) is 22.6. The molecule has 4 heteroatoms. The quantitative estimate of drug-likeness (QED) is 0.145. The third-order valence-electron chi connectivity index (χ3n) is 12.6. The average molecular weight is 856 g/mol. The van der Waals surface area contributed by atoms with Crippen LogP contribution in [0.25, 0.3) is 123 Å². The molecule has 0 radical (unpaired) electrons. The van der Waals surface area contributed by atoms with Crippen molar-refractivity contribution in [2.24, 2.45) is 0 Å². The van der Waals surface area contributed by atoms with Crippen LogP contribution in [0.3, 0.4) is 0 Å². The van der Waals surface area contributed by atoms with E-state index in [1.807, 2.05) is 36.4 Å². The molecular weight excluding hydrogens is 815 g/mol. The first-order chi connectivity index (χ1) is 33.2. The molecule has 0 N–H and O–H groups in total. The number of hydrogen-bond acceptors (Lipinski definition) is 4. The van der Waals surface area contributed by atoms with Crippen molar-refractivity contribution in [2.75, 3.05) is 0 Å². The van der Waals surface area contributed by atoms with Crippen LogP contribution in [-0.2, 0) is 0 Å². The number of hydrogen-bond donors (Lipinski definition) is 0. The van der Waals surface area contributed by atoms with Crippen LogP contribution in [0.15, 0.2) is 253 Å². The maximum Gasteiger partial charge on any atom is 0.164 e. The van der Waals surface area contributed by atoms with Gasteiger partial charge >= 0.3 is 0 Å². The lowest BCUT2D eigenvalue weighted by Crippen LogP contribution is -2.01. The molecule has 314 valence electrons. The van der Waals surface area contributed by atoms with Gasteiger partial charge in [0, 0.05) is 33.0 Å². The minimum absolute atomic E-state index is 0.568. The van der Waals surface area contributed by atoms with Gasteiger partial charge in [-0.25, -0.2) is 15.0 Å². The molecule has 2 heterocycles. The van der Waals surface area contributed by atoms with Crippen LogP contribution in [0.1, 0.15) is 0 Å². The normalized spacial score (nSPS) is 11.3. The van der Waals surface area contributed by atoms with Crippen LogP contribution >= 0.6 is 0 Å². The van der Waals surface area contributed by atoms with Crippen molar-refractivity contribution in [1.82, 2.24) is 15.0 Å². The topological polar surface area (TPSA) is 51.8 Å². The molecule has 67 heavy (non-hydrogen) atoms. The summed E-state index contributed by atoms with van der Waals surface area (Å²) in [5.74, 6) is 1.74. The van der Waals surface area contributed by atoms with Gasteiger partial charge in [-0.2, -0.15) is 0 Å². The molecule has 0 spiro atoms. The second-order valence-corrected chi connectivity index (χ2v) is 16.8. The Bertz CT molecular complexity index is 3640. The molecule has 0 amide bonds. The Balaban J connectivity index is 1.00. The van der Waals surface area contributed by atoms with Crippen LogP contribution in [0.2, 0.25) is 0 Å². The van der Waals surface area contributed by atoms with Crippen molar-refractivity contribution < 1.29 is 4.42 Å². The molecule has 12 rings (SSSR count). The second-order valence-electron chi connectivity index (χ2n) is 16.8. The largest absolute Gasteiger partial charge is 0.455 e. The van der Waals surface area contributed by atoms with E-state index in [-0.39, 0.29) is 0 Å². The molecule has 0 aliphatic rings. The molecular formula is C63H41N3O. The molecule has 10 aromatic carbocycles. The number of aromatic nitrogens is 3. The minimum atomic E-state index is 0.568. The van der Waals surface area contributed by atoms with Crippen molar-refractivity contribution in [3.05, 3.63) is 249 Å². The summed E-state index contributed by atoms with van der Waals surface area (Å²) in [5, 5.41) is 1.95. The van der Waals surface area contributed by atoms with E-state index < -0.39 is 0 Å². The van der Waals surface area contributed by atoms with Gasteiger partial charge in [0.05, 0.1) is 0 Å². The van der Waals surface area contributed by atoms with Gasteiger partial charge in [-0.05, 0) is 91.5 Å². The molecule has 0 saturated heterocycles. The standard InChI is InChI=1S/C63H41N3O/c1-5-16-42(17-6-1)46-30-32-48(33-31-46)50-24-13-25-51(38-50)55-26-14-27-56-59-57(28-15-29-58(59)67-60(55)56)63-65-61(49-36-34-47(35-37-49)43-18-7-2-8-19-43)64-62(66-63)54-40-52(44-20-9-3-10-21-44)39-53(41-54)45-22-11-4-12-23-45/h1-41H. The van der Waals surface area contributed by atoms with Crippen molar-refractivity contribution in [3.8, 4) is 101 Å². The number of furan rings is 1. The highest BCUT2D eigenvalue weighted by Crippen LogP contribution is 2.42. The highest BCUT2D eigenvalue weighted by Gasteiger charge is 2.21. The van der Waals surface area contributed by atoms with Crippen LogP contribution in [-0.4, -0.2) is 15.0 Å². The van der Waals surface area contributed by atoms with E-state index >= 15 is 0 Å². The van der Waals surface area contributed by atoms with Gasteiger partial charge in [-0.3, -0.25) is 0 Å². The molecule has 4 nitrogen and oxygen atoms in total. The monoisotopic (exact) mass is 855 g/mol. The Kier molecular flexibility index (Phi) is 10.2. The summed E-state index contributed by atoms with van der Waals surface area (Å²) in [5.41, 5.74) is 17.7. The Labute approximate surface area is 389 Å². The Morgan fingerprint density at radius 2 is 0.612 bits per heavy atom. The van der Waals surface area contributed by atoms with Crippen LogP contribution in [0.4, 0.5) is 0 Å². The van der Waals surface area contributed by atoms with E-state index in [0.29, 0.717) is 17.5 Å². The van der Waals surface area contributed by atoms with E-state index in [1.54, 1.807) is 0 Å². The Hall–Kier alpha value is -8.99. The van der Waals surface area contributed by atoms with Gasteiger partial charge in [0.1, 0.15) is 11.2 Å². The zero-order valence-corrected chi connectivity index (χ0v) is 36.4. The van der Waals surface area contributed by atoms with Gasteiger partial charge in [0.2, 0.25) is 0 Å². The maximum absolute atomic E-state index is 6.85. The number of para-hydroxylation sites is 1. The van der Waals surface area contributed by atoms with E-state index in [2.05, 4.69) is 212 Å². The molecule has 0 aliphatic heterocycles. The minimum Gasteiger partial charge on any atom is -0.455 e. The van der Waals surface area contributed by atoms with Crippen LogP contribution in [0.5, 0.6) is 0 Å². The van der Waals surface area contributed by atoms with Crippen molar-refractivity contribution in [3.63, 3.8) is 0 Å². The second kappa shape index (κ2) is 17.2. The van der Waals surface area contributed by atoms with Crippen molar-refractivity contribution >= 4 is 21.9 Å². The Morgan fingerprint density at radius 1 is 0.239 bits per heavy atom. The van der Waals surface area contributed by atoms with Crippen molar-refractivity contribution in [2.45, 2.75) is 0 Å². The summed E-state index contributed by atoms with van der Waals surface area (Å²) in [6.07, 6.45) is 0. The molecule has 12 aromatic rings. The molecule has 2 aromatic heterocycles. The summed E-state index contributed by atoms with van der Waals surface area (Å²) in [6.45, 7) is 0. The summed E-state index contributed by atoms with van der Waals surface area (Å²) >= 11 is 0. The van der Waals surface area contributed by atoms with Gasteiger partial charge in [0.25, 0.3) is 0 Å². The number of nitrogens with zero attached hydrogens (tertiary/aromatic N) is 3. The zero-order chi connectivity index (χ0) is 44.5. The molecule has 0 unspecified atom stereocenters. The van der Waals surface area contributed by atoms with Gasteiger partial charge in [-0.1, -0.05) is 218 Å². The van der Waals surface area contributed by atoms with E-state index in [0.717, 1.165) is 94.3 Å². The lowest BCUT2D eigenvalue weighted by molar-refractivity contribution is 0.670. The Morgan fingerprint density at radius 3 is 1.18 bits per heavy atom. The van der Waals surface area contributed by atoms with Crippen molar-refractivity contribution in [1.29, 1.82) is 0 Å². The predicted molar refractivity (Wildman–Crippen MR) is 276 cm³/mol. The first-order valence-corrected chi connectivity index (χ1v) is 22.6. The lowest BCUT2D eigenvalue weighted by atomic mass is 9.95. The average Bonchev–Trinajstić information content (AvgIpc) is 3.81. The highest BCUT2D eigenvalue weighted by molar-refractivity contribution is 6.15. The van der Waals surface area contributed by atoms with Gasteiger partial charge in [0.15, 0.2) is 17.5 Å². The summed E-state index contributed by atoms with van der Waals surface area (Å²) < 4.78 is 6.85. The van der Waals surface area contributed by atoms with Gasteiger partial charge in [-0.15, -0.1) is 0 Å². The third-order valence-corrected chi connectivity index (χ3v) is 12.6. The highest BCUT2D eigenvalue weighted by atomic mass is 16.3. The van der Waals surface area contributed by atoms with E-state index in [1.165, 1.54) is 11.1 Å². The SMILES string of the molecule is c1ccc(-c2ccc(-c3cccc(-c4cccc5c4oc4cccc(-c6nc(-c7ccc(-c8ccccc8)cc7)nc(-c7cc(-c8ccccc8)cc(-c8ccccc8)c7)n6)c45)c3)cc2)cc1. The van der Waals surface area contributed by atoms with Gasteiger partial charge < -0.3 is 4.42 Å². The molecule has 0 bridgehead atoms. The lowest BCUT2D eigenvalue weighted by Gasteiger charge is -2.13. The fourth-order valence-electron chi connectivity index (χ4n) is 9.16. The third kappa shape index (κ3) is 7.77. The fourth-order valence-corrected chi connectivity index (χ4v) is 9.16. The number of rotatable bonds is 9. The molecule has 0 saturated carbocycles. The fraction of sp³-hybridized carbons (Fsp3) is 0. The first kappa shape index (κ1) is 39.6. The number of benzene rings is 10. The van der Waals surface area contributed by atoms with E-state index in [4.69, 9.17) is 19.4 Å².